The Morgan fingerprint density at radius 2 is 1.90 bits per heavy atom. The van der Waals surface area contributed by atoms with Gasteiger partial charge in [-0.1, -0.05) is 23.2 Å². The van der Waals surface area contributed by atoms with Crippen LogP contribution in [0.15, 0.2) is 32.4 Å². The molecule has 1 aromatic carbocycles. The molecular formula is C12H7BrCl2N2O3. The molecule has 5 nitrogen and oxygen atoms in total. The number of ketones is 1. The Labute approximate surface area is 131 Å². The Bertz CT molecular complexity index is 826. The van der Waals surface area contributed by atoms with Gasteiger partial charge in [0.1, 0.15) is 0 Å². The molecule has 0 atom stereocenters. The minimum absolute atomic E-state index is 0.0364. The number of hydrogen-bond donors (Lipinski definition) is 1. The van der Waals surface area contributed by atoms with Crippen molar-refractivity contribution < 1.29 is 4.79 Å². The number of nitrogens with zero attached hydrogens (tertiary/aromatic N) is 1. The largest absolute Gasteiger partial charge is 0.333 e. The normalized spacial score (nSPS) is 10.6. The topological polar surface area (TPSA) is 71.9 Å². The molecule has 0 spiro atoms. The van der Waals surface area contributed by atoms with Gasteiger partial charge in [-0.15, -0.1) is 0 Å². The fraction of sp³-hybridized carbons (Fsp3) is 0.0833. The van der Waals surface area contributed by atoms with Gasteiger partial charge in [-0.3, -0.25) is 9.59 Å². The summed E-state index contributed by atoms with van der Waals surface area (Å²) in [6.07, 6.45) is 1.08. The van der Waals surface area contributed by atoms with Gasteiger partial charge in [-0.25, -0.2) is 9.36 Å². The van der Waals surface area contributed by atoms with Crippen LogP contribution in [-0.4, -0.2) is 15.3 Å². The summed E-state index contributed by atoms with van der Waals surface area (Å²) < 4.78 is 1.30. The van der Waals surface area contributed by atoms with Crippen molar-refractivity contribution in [1.82, 2.24) is 9.55 Å². The van der Waals surface area contributed by atoms with Crippen LogP contribution >= 0.6 is 39.1 Å². The highest BCUT2D eigenvalue weighted by Gasteiger charge is 2.17. The van der Waals surface area contributed by atoms with Crippen LogP contribution < -0.4 is 11.2 Å². The lowest BCUT2D eigenvalue weighted by molar-refractivity contribution is 0.101. The quantitative estimate of drug-likeness (QED) is 0.646. The third kappa shape index (κ3) is 2.46. The molecule has 1 N–H and O–H groups in total. The second kappa shape index (κ2) is 5.55. The SMILES string of the molecule is CC(=O)c1c[nH]c(=O)n(-c2ccc(Br)c(Cl)c2Cl)c1=O. The summed E-state index contributed by atoms with van der Waals surface area (Å²) in [5.41, 5.74) is -1.49. The number of hydrogen-bond acceptors (Lipinski definition) is 3. The zero-order valence-electron chi connectivity index (χ0n) is 10.0. The van der Waals surface area contributed by atoms with Crippen LogP contribution in [0.3, 0.4) is 0 Å². The molecule has 0 bridgehead atoms. The molecule has 20 heavy (non-hydrogen) atoms. The van der Waals surface area contributed by atoms with E-state index < -0.39 is 17.0 Å². The van der Waals surface area contributed by atoms with Crippen molar-refractivity contribution in [2.75, 3.05) is 0 Å². The summed E-state index contributed by atoms with van der Waals surface area (Å²) in [6, 6.07) is 3.01. The molecule has 1 heterocycles. The molecule has 0 fully saturated rings. The van der Waals surface area contributed by atoms with E-state index in [0.717, 1.165) is 10.8 Å². The van der Waals surface area contributed by atoms with Gasteiger partial charge in [0.25, 0.3) is 5.56 Å². The Balaban J connectivity index is 2.87. The fourth-order valence-electron chi connectivity index (χ4n) is 1.63. The average Bonchev–Trinajstić information content (AvgIpc) is 2.38. The van der Waals surface area contributed by atoms with Gasteiger partial charge in [-0.05, 0) is 35.0 Å². The molecule has 0 unspecified atom stereocenters. The van der Waals surface area contributed by atoms with E-state index in [1.54, 1.807) is 6.07 Å². The highest BCUT2D eigenvalue weighted by molar-refractivity contribution is 9.10. The molecular weight excluding hydrogens is 371 g/mol. The summed E-state index contributed by atoms with van der Waals surface area (Å²) in [6.45, 7) is 1.23. The Morgan fingerprint density at radius 3 is 2.50 bits per heavy atom. The van der Waals surface area contributed by atoms with Crippen molar-refractivity contribution in [1.29, 1.82) is 0 Å². The van der Waals surface area contributed by atoms with Gasteiger partial charge in [-0.2, -0.15) is 0 Å². The van der Waals surface area contributed by atoms with Gasteiger partial charge in [0.15, 0.2) is 5.78 Å². The van der Waals surface area contributed by atoms with Crippen LogP contribution in [0.1, 0.15) is 17.3 Å². The Morgan fingerprint density at radius 1 is 1.25 bits per heavy atom. The van der Waals surface area contributed by atoms with E-state index in [-0.39, 0.29) is 21.3 Å². The van der Waals surface area contributed by atoms with E-state index in [1.807, 2.05) is 0 Å². The monoisotopic (exact) mass is 376 g/mol. The first-order valence-corrected chi connectivity index (χ1v) is 6.89. The van der Waals surface area contributed by atoms with Crippen LogP contribution in [0.2, 0.25) is 10.0 Å². The first-order chi connectivity index (χ1) is 9.34. The van der Waals surface area contributed by atoms with Gasteiger partial charge < -0.3 is 4.98 Å². The zero-order chi connectivity index (χ0) is 15.0. The average molecular weight is 378 g/mol. The highest BCUT2D eigenvalue weighted by Crippen LogP contribution is 2.33. The van der Waals surface area contributed by atoms with E-state index in [4.69, 9.17) is 23.2 Å². The molecule has 104 valence electrons. The number of carbonyl (C=O) groups excluding carboxylic acids is 1. The minimum atomic E-state index is -0.749. The van der Waals surface area contributed by atoms with Crippen molar-refractivity contribution in [2.45, 2.75) is 6.92 Å². The number of carbonyl (C=O) groups is 1. The number of aromatic nitrogens is 2. The molecule has 0 saturated carbocycles. The zero-order valence-corrected chi connectivity index (χ0v) is 13.1. The number of Topliss-reactive ketones (excluding diaryl/α,β-unsaturated/α-hetero) is 1. The summed E-state index contributed by atoms with van der Waals surface area (Å²) >= 11 is 15.2. The van der Waals surface area contributed by atoms with E-state index in [9.17, 15) is 14.4 Å². The fourth-order valence-corrected chi connectivity index (χ4v) is 2.49. The van der Waals surface area contributed by atoms with Gasteiger partial charge in [0.2, 0.25) is 0 Å². The third-order valence-corrected chi connectivity index (χ3v) is 4.37. The van der Waals surface area contributed by atoms with Crippen molar-refractivity contribution in [3.63, 3.8) is 0 Å². The molecule has 1 aromatic heterocycles. The predicted octanol–water partition coefficient (Wildman–Crippen LogP) is 2.80. The van der Waals surface area contributed by atoms with E-state index >= 15 is 0 Å². The van der Waals surface area contributed by atoms with Gasteiger partial charge in [0.05, 0.1) is 21.3 Å². The Hall–Kier alpha value is -1.37. The highest BCUT2D eigenvalue weighted by atomic mass is 79.9. The first kappa shape index (κ1) is 15.0. The van der Waals surface area contributed by atoms with E-state index in [2.05, 4.69) is 20.9 Å². The van der Waals surface area contributed by atoms with Crippen LogP contribution in [0.4, 0.5) is 0 Å². The maximum absolute atomic E-state index is 12.2. The molecule has 0 aliphatic heterocycles. The molecule has 0 saturated heterocycles. The lowest BCUT2D eigenvalue weighted by Crippen LogP contribution is -2.36. The van der Waals surface area contributed by atoms with E-state index in [0.29, 0.717) is 4.47 Å². The number of halogens is 3. The predicted molar refractivity (Wildman–Crippen MR) is 80.4 cm³/mol. The molecule has 0 aliphatic rings. The standard InChI is InChI=1S/C12H7BrCl2N2O3/c1-5(18)6-4-16-12(20)17(11(6)19)8-3-2-7(13)9(14)10(8)15/h2-4H,1H3,(H,16,20). The lowest BCUT2D eigenvalue weighted by Gasteiger charge is -2.09. The van der Waals surface area contributed by atoms with Crippen LogP contribution in [0.5, 0.6) is 0 Å². The summed E-state index contributed by atoms with van der Waals surface area (Å²) in [5.74, 6) is -0.459. The van der Waals surface area contributed by atoms with Crippen molar-refractivity contribution >= 4 is 44.9 Å². The van der Waals surface area contributed by atoms with Crippen molar-refractivity contribution in [2.24, 2.45) is 0 Å². The first-order valence-electron chi connectivity index (χ1n) is 5.34. The van der Waals surface area contributed by atoms with Crippen LogP contribution in [-0.2, 0) is 0 Å². The molecule has 0 aliphatic carbocycles. The van der Waals surface area contributed by atoms with Crippen molar-refractivity contribution in [3.8, 4) is 5.69 Å². The molecule has 0 amide bonds. The summed E-state index contributed by atoms with van der Waals surface area (Å²) in [4.78, 5) is 37.7. The maximum atomic E-state index is 12.2. The molecule has 2 aromatic rings. The number of H-pyrrole nitrogens is 1. The van der Waals surface area contributed by atoms with Crippen LogP contribution in [0, 0.1) is 0 Å². The summed E-state index contributed by atoms with van der Waals surface area (Å²) in [5, 5.41) is 0.207. The summed E-state index contributed by atoms with van der Waals surface area (Å²) in [7, 11) is 0. The number of rotatable bonds is 2. The Kier molecular flexibility index (Phi) is 4.17. The van der Waals surface area contributed by atoms with Crippen molar-refractivity contribution in [3.05, 3.63) is 59.2 Å². The van der Waals surface area contributed by atoms with Gasteiger partial charge >= 0.3 is 5.69 Å². The van der Waals surface area contributed by atoms with Gasteiger partial charge in [0, 0.05) is 10.7 Å². The number of benzene rings is 1. The lowest BCUT2D eigenvalue weighted by atomic mass is 10.2. The van der Waals surface area contributed by atoms with Crippen LogP contribution in [0.25, 0.3) is 5.69 Å². The van der Waals surface area contributed by atoms with E-state index in [1.165, 1.54) is 13.0 Å². The molecule has 8 heteroatoms. The smallest absolute Gasteiger partial charge is 0.313 e. The second-order valence-electron chi connectivity index (χ2n) is 3.90. The third-order valence-electron chi connectivity index (χ3n) is 2.61. The second-order valence-corrected chi connectivity index (χ2v) is 5.51. The molecule has 0 radical (unpaired) electrons. The minimum Gasteiger partial charge on any atom is -0.313 e. The maximum Gasteiger partial charge on any atom is 0.333 e. The number of nitrogens with one attached hydrogen (secondary N) is 1. The molecule has 2 rings (SSSR count). The number of aromatic amines is 1.